The van der Waals surface area contributed by atoms with E-state index in [2.05, 4.69) is 25.0 Å². The monoisotopic (exact) mass is 289 g/mol. The number of hydrogen-bond acceptors (Lipinski definition) is 6. The molecule has 2 N–H and O–H groups in total. The summed E-state index contributed by atoms with van der Waals surface area (Å²) in [6.45, 7) is 4.09. The highest BCUT2D eigenvalue weighted by Gasteiger charge is 2.27. The van der Waals surface area contributed by atoms with Crippen molar-refractivity contribution in [3.8, 4) is 0 Å². The normalized spacial score (nSPS) is 17.8. The fourth-order valence-corrected chi connectivity index (χ4v) is 2.80. The number of rotatable bonds is 3. The summed E-state index contributed by atoms with van der Waals surface area (Å²) in [5, 5.41) is 6.71. The molecular weight excluding hydrogens is 274 g/mol. The summed E-state index contributed by atoms with van der Waals surface area (Å²) in [6.07, 6.45) is 4.06. The molecule has 0 radical (unpaired) electrons. The SMILES string of the molecule is CC(C)c1nsc(NC2Cc3cnccc3NC2=O)n1. The molecule has 0 saturated carbocycles. The first-order valence-corrected chi connectivity index (χ1v) is 7.24. The van der Waals surface area contributed by atoms with Gasteiger partial charge in [-0.1, -0.05) is 13.8 Å². The van der Waals surface area contributed by atoms with Crippen molar-refractivity contribution >= 4 is 28.3 Å². The molecule has 0 fully saturated rings. The van der Waals surface area contributed by atoms with Crippen molar-refractivity contribution in [1.82, 2.24) is 14.3 Å². The Morgan fingerprint density at radius 3 is 3.10 bits per heavy atom. The van der Waals surface area contributed by atoms with Gasteiger partial charge in [0.1, 0.15) is 11.9 Å². The minimum atomic E-state index is -0.334. The Balaban J connectivity index is 1.76. The van der Waals surface area contributed by atoms with Crippen molar-refractivity contribution < 1.29 is 4.79 Å². The molecule has 1 amide bonds. The van der Waals surface area contributed by atoms with Crippen LogP contribution >= 0.6 is 11.5 Å². The third-order valence-electron chi connectivity index (χ3n) is 3.16. The summed E-state index contributed by atoms with van der Waals surface area (Å²) < 4.78 is 4.27. The van der Waals surface area contributed by atoms with Crippen LogP contribution in [0.15, 0.2) is 18.5 Å². The predicted octanol–water partition coefficient (Wildman–Crippen LogP) is 2.03. The number of pyridine rings is 1. The second-order valence-electron chi connectivity index (χ2n) is 5.04. The van der Waals surface area contributed by atoms with Gasteiger partial charge >= 0.3 is 0 Å². The number of fused-ring (bicyclic) bond motifs is 1. The molecule has 1 aliphatic rings. The van der Waals surface area contributed by atoms with Crippen molar-refractivity contribution in [3.05, 3.63) is 29.8 Å². The fourth-order valence-electron chi connectivity index (χ4n) is 2.04. The molecule has 3 rings (SSSR count). The molecule has 104 valence electrons. The summed E-state index contributed by atoms with van der Waals surface area (Å²) in [5.41, 5.74) is 1.86. The zero-order valence-corrected chi connectivity index (χ0v) is 12.1. The van der Waals surface area contributed by atoms with Crippen LogP contribution < -0.4 is 10.6 Å². The van der Waals surface area contributed by atoms with E-state index < -0.39 is 0 Å². The predicted molar refractivity (Wildman–Crippen MR) is 78.0 cm³/mol. The van der Waals surface area contributed by atoms with E-state index in [4.69, 9.17) is 0 Å². The first-order valence-electron chi connectivity index (χ1n) is 6.47. The lowest BCUT2D eigenvalue weighted by Gasteiger charge is -2.24. The summed E-state index contributed by atoms with van der Waals surface area (Å²) in [5.74, 6) is 1.03. The highest BCUT2D eigenvalue weighted by molar-refractivity contribution is 7.09. The quantitative estimate of drug-likeness (QED) is 0.903. The Kier molecular flexibility index (Phi) is 3.35. The average Bonchev–Trinajstić information content (AvgIpc) is 2.88. The molecule has 1 atom stereocenters. The summed E-state index contributed by atoms with van der Waals surface area (Å²) in [7, 11) is 0. The zero-order chi connectivity index (χ0) is 14.1. The van der Waals surface area contributed by atoms with E-state index in [-0.39, 0.29) is 17.9 Å². The minimum absolute atomic E-state index is 0.0509. The topological polar surface area (TPSA) is 79.8 Å². The number of carbonyl (C=O) groups excluding carboxylic acids is 1. The summed E-state index contributed by atoms with van der Waals surface area (Å²) >= 11 is 1.29. The van der Waals surface area contributed by atoms with Gasteiger partial charge in [-0.3, -0.25) is 9.78 Å². The molecule has 1 aliphatic heterocycles. The Morgan fingerprint density at radius 2 is 2.35 bits per heavy atom. The van der Waals surface area contributed by atoms with Gasteiger partial charge in [-0.2, -0.15) is 4.37 Å². The number of anilines is 2. The van der Waals surface area contributed by atoms with Gasteiger partial charge in [-0.15, -0.1) is 0 Å². The van der Waals surface area contributed by atoms with Gasteiger partial charge in [0.15, 0.2) is 0 Å². The number of carbonyl (C=O) groups is 1. The van der Waals surface area contributed by atoms with Crippen LogP contribution in [0.3, 0.4) is 0 Å². The summed E-state index contributed by atoms with van der Waals surface area (Å²) in [6, 6.07) is 1.48. The Hall–Kier alpha value is -2.02. The smallest absolute Gasteiger partial charge is 0.247 e. The van der Waals surface area contributed by atoms with E-state index in [0.717, 1.165) is 17.1 Å². The first kappa shape index (κ1) is 13.0. The van der Waals surface area contributed by atoms with E-state index in [1.807, 2.05) is 19.9 Å². The molecule has 0 saturated heterocycles. The van der Waals surface area contributed by atoms with Gasteiger partial charge in [-0.05, 0) is 11.6 Å². The van der Waals surface area contributed by atoms with Crippen LogP contribution in [0.5, 0.6) is 0 Å². The average molecular weight is 289 g/mol. The number of nitrogens with one attached hydrogen (secondary N) is 2. The molecule has 2 aromatic heterocycles. The molecule has 0 spiro atoms. The van der Waals surface area contributed by atoms with E-state index in [0.29, 0.717) is 11.6 Å². The minimum Gasteiger partial charge on any atom is -0.348 e. The number of hydrogen-bond donors (Lipinski definition) is 2. The molecule has 3 heterocycles. The Labute approximate surface area is 120 Å². The van der Waals surface area contributed by atoms with Gasteiger partial charge in [0.25, 0.3) is 0 Å². The van der Waals surface area contributed by atoms with Crippen LogP contribution in [0.4, 0.5) is 10.8 Å². The lowest BCUT2D eigenvalue weighted by Crippen LogP contribution is -2.40. The molecule has 6 nitrogen and oxygen atoms in total. The largest absolute Gasteiger partial charge is 0.348 e. The van der Waals surface area contributed by atoms with Gasteiger partial charge in [0.05, 0.1) is 0 Å². The van der Waals surface area contributed by atoms with Crippen LogP contribution in [0.25, 0.3) is 0 Å². The van der Waals surface area contributed by atoms with Crippen LogP contribution in [0, 0.1) is 0 Å². The lowest BCUT2D eigenvalue weighted by atomic mass is 10.0. The van der Waals surface area contributed by atoms with Crippen LogP contribution in [-0.4, -0.2) is 26.3 Å². The van der Waals surface area contributed by atoms with Crippen LogP contribution in [0.2, 0.25) is 0 Å². The first-order chi connectivity index (χ1) is 9.63. The number of nitrogens with zero attached hydrogens (tertiary/aromatic N) is 3. The van der Waals surface area contributed by atoms with Gasteiger partial charge in [0.2, 0.25) is 11.0 Å². The van der Waals surface area contributed by atoms with Gasteiger partial charge in [-0.25, -0.2) is 4.98 Å². The van der Waals surface area contributed by atoms with Crippen molar-refractivity contribution in [3.63, 3.8) is 0 Å². The van der Waals surface area contributed by atoms with Crippen LogP contribution in [0.1, 0.15) is 31.2 Å². The number of aromatic nitrogens is 3. The van der Waals surface area contributed by atoms with Crippen LogP contribution in [-0.2, 0) is 11.2 Å². The Bertz CT molecular complexity index is 639. The molecule has 20 heavy (non-hydrogen) atoms. The maximum absolute atomic E-state index is 12.1. The fraction of sp³-hybridized carbons (Fsp3) is 0.385. The van der Waals surface area contributed by atoms with Gasteiger partial charge < -0.3 is 10.6 Å². The third-order valence-corrected chi connectivity index (χ3v) is 3.82. The third kappa shape index (κ3) is 2.49. The molecule has 1 unspecified atom stereocenters. The zero-order valence-electron chi connectivity index (χ0n) is 11.3. The number of amides is 1. The lowest BCUT2D eigenvalue weighted by molar-refractivity contribution is -0.117. The molecule has 7 heteroatoms. The van der Waals surface area contributed by atoms with E-state index in [9.17, 15) is 4.79 Å². The molecule has 0 aliphatic carbocycles. The van der Waals surface area contributed by atoms with Gasteiger partial charge in [0, 0.05) is 42.0 Å². The molecule has 2 aromatic rings. The van der Waals surface area contributed by atoms with E-state index >= 15 is 0 Å². The van der Waals surface area contributed by atoms with E-state index in [1.165, 1.54) is 11.5 Å². The molecule has 0 bridgehead atoms. The molecular formula is C13H15N5OS. The van der Waals surface area contributed by atoms with Crippen molar-refractivity contribution in [2.75, 3.05) is 10.6 Å². The maximum Gasteiger partial charge on any atom is 0.247 e. The second kappa shape index (κ2) is 5.16. The maximum atomic E-state index is 12.1. The highest BCUT2D eigenvalue weighted by Crippen LogP contribution is 2.24. The Morgan fingerprint density at radius 1 is 1.50 bits per heavy atom. The van der Waals surface area contributed by atoms with E-state index in [1.54, 1.807) is 12.4 Å². The van der Waals surface area contributed by atoms with Crippen molar-refractivity contribution in [1.29, 1.82) is 0 Å². The standard InChI is InChI=1S/C13H15N5OS/c1-7(2)11-17-13(20-18-11)16-10-5-8-6-14-4-3-9(8)15-12(10)19/h3-4,6-7,10H,5H2,1-2H3,(H,15,19)(H,16,17,18). The molecule has 0 aromatic carbocycles. The second-order valence-corrected chi connectivity index (χ2v) is 5.79. The van der Waals surface area contributed by atoms with Crippen molar-refractivity contribution in [2.24, 2.45) is 0 Å². The highest BCUT2D eigenvalue weighted by atomic mass is 32.1. The summed E-state index contributed by atoms with van der Waals surface area (Å²) in [4.78, 5) is 20.5. The van der Waals surface area contributed by atoms with Crippen molar-refractivity contribution in [2.45, 2.75) is 32.2 Å².